The molecule has 0 aliphatic heterocycles. The second-order valence-corrected chi connectivity index (χ2v) is 5.02. The summed E-state index contributed by atoms with van der Waals surface area (Å²) in [7, 11) is 0. The molecule has 18 heavy (non-hydrogen) atoms. The Morgan fingerprint density at radius 1 is 1.22 bits per heavy atom. The van der Waals surface area contributed by atoms with Crippen LogP contribution in [0, 0.1) is 0 Å². The van der Waals surface area contributed by atoms with Gasteiger partial charge in [-0.1, -0.05) is 63.8 Å². The van der Waals surface area contributed by atoms with Crippen molar-refractivity contribution in [3.63, 3.8) is 0 Å². The molecule has 2 heteroatoms. The van der Waals surface area contributed by atoms with Crippen molar-refractivity contribution in [2.45, 2.75) is 58.3 Å². The minimum Gasteiger partial charge on any atom is -0.481 e. The van der Waals surface area contributed by atoms with Gasteiger partial charge in [0.05, 0.1) is 6.42 Å². The number of carboxylic acids is 1. The highest BCUT2D eigenvalue weighted by molar-refractivity contribution is 5.70. The van der Waals surface area contributed by atoms with E-state index in [0.717, 1.165) is 12.0 Å². The van der Waals surface area contributed by atoms with Gasteiger partial charge in [0.25, 0.3) is 0 Å². The topological polar surface area (TPSA) is 37.3 Å². The lowest BCUT2D eigenvalue weighted by Gasteiger charge is -2.15. The van der Waals surface area contributed by atoms with E-state index < -0.39 is 5.97 Å². The van der Waals surface area contributed by atoms with E-state index in [-0.39, 0.29) is 6.42 Å². The monoisotopic (exact) mass is 248 g/mol. The van der Waals surface area contributed by atoms with Gasteiger partial charge in [0.2, 0.25) is 0 Å². The molecule has 0 heterocycles. The summed E-state index contributed by atoms with van der Waals surface area (Å²) in [6, 6.07) is 7.93. The Kier molecular flexibility index (Phi) is 6.48. The molecule has 0 spiro atoms. The van der Waals surface area contributed by atoms with Gasteiger partial charge in [-0.05, 0) is 23.5 Å². The molecule has 0 aliphatic rings. The molecule has 0 saturated heterocycles. The zero-order valence-electron chi connectivity index (χ0n) is 11.5. The lowest BCUT2D eigenvalue weighted by molar-refractivity contribution is -0.136. The molecular weight excluding hydrogens is 224 g/mol. The number of hydrogen-bond donors (Lipinski definition) is 1. The fraction of sp³-hybridized carbons (Fsp3) is 0.562. The fourth-order valence-electron chi connectivity index (χ4n) is 2.37. The van der Waals surface area contributed by atoms with Gasteiger partial charge in [0.15, 0.2) is 0 Å². The second kappa shape index (κ2) is 7.91. The maximum absolute atomic E-state index is 10.8. The van der Waals surface area contributed by atoms with Gasteiger partial charge in [-0.2, -0.15) is 0 Å². The number of hydrogen-bond acceptors (Lipinski definition) is 1. The summed E-state index contributed by atoms with van der Waals surface area (Å²) in [5.41, 5.74) is 2.17. The summed E-state index contributed by atoms with van der Waals surface area (Å²) in [6.07, 6.45) is 6.35. The number of rotatable bonds is 8. The van der Waals surface area contributed by atoms with E-state index in [2.05, 4.69) is 19.9 Å². The van der Waals surface area contributed by atoms with Crippen molar-refractivity contribution >= 4 is 5.97 Å². The maximum atomic E-state index is 10.8. The first kappa shape index (κ1) is 14.7. The van der Waals surface area contributed by atoms with Crippen molar-refractivity contribution in [1.82, 2.24) is 0 Å². The average molecular weight is 248 g/mol. The zero-order chi connectivity index (χ0) is 13.4. The van der Waals surface area contributed by atoms with E-state index >= 15 is 0 Å². The molecule has 1 aromatic rings. The van der Waals surface area contributed by atoms with E-state index in [9.17, 15) is 4.79 Å². The minimum atomic E-state index is -0.749. The van der Waals surface area contributed by atoms with Crippen molar-refractivity contribution in [2.75, 3.05) is 0 Å². The van der Waals surface area contributed by atoms with Crippen LogP contribution in [0.3, 0.4) is 0 Å². The smallest absolute Gasteiger partial charge is 0.307 e. The summed E-state index contributed by atoms with van der Waals surface area (Å²) in [6.45, 7) is 4.41. The highest BCUT2D eigenvalue weighted by Crippen LogP contribution is 2.25. The molecule has 1 aromatic carbocycles. The molecule has 100 valence electrons. The molecular formula is C16H24O2. The number of aliphatic carboxylic acids is 1. The van der Waals surface area contributed by atoms with Crippen LogP contribution >= 0.6 is 0 Å². The molecule has 0 amide bonds. The average Bonchev–Trinajstić information content (AvgIpc) is 2.34. The number of benzene rings is 1. The van der Waals surface area contributed by atoms with E-state index in [1.54, 1.807) is 0 Å². The van der Waals surface area contributed by atoms with Crippen LogP contribution in [0.25, 0.3) is 0 Å². The van der Waals surface area contributed by atoms with Gasteiger partial charge >= 0.3 is 5.97 Å². The van der Waals surface area contributed by atoms with Crippen molar-refractivity contribution in [1.29, 1.82) is 0 Å². The predicted octanol–water partition coefficient (Wildman–Crippen LogP) is 4.39. The van der Waals surface area contributed by atoms with E-state index in [4.69, 9.17) is 5.11 Å². The van der Waals surface area contributed by atoms with Gasteiger partial charge in [-0.25, -0.2) is 0 Å². The summed E-state index contributed by atoms with van der Waals surface area (Å²) >= 11 is 0. The van der Waals surface area contributed by atoms with Gasteiger partial charge in [0, 0.05) is 0 Å². The summed E-state index contributed by atoms with van der Waals surface area (Å²) in [5, 5.41) is 8.92. The van der Waals surface area contributed by atoms with Crippen LogP contribution in [-0.4, -0.2) is 11.1 Å². The Hall–Kier alpha value is -1.31. The van der Waals surface area contributed by atoms with Crippen molar-refractivity contribution in [3.8, 4) is 0 Å². The third-order valence-electron chi connectivity index (χ3n) is 3.42. The molecule has 1 N–H and O–H groups in total. The molecule has 1 rings (SSSR count). The standard InChI is InChI=1S/C16H24O2/c1-3-4-5-6-9-13(2)15-11-8-7-10-14(15)12-16(17)18/h7-8,10-11,13H,3-6,9,12H2,1-2H3,(H,17,18)/t13-/m1/s1. The third kappa shape index (κ3) is 4.91. The largest absolute Gasteiger partial charge is 0.481 e. The SMILES string of the molecule is CCCCCC[C@@H](C)c1ccccc1CC(=O)O. The Balaban J connectivity index is 2.60. The molecule has 0 saturated carbocycles. The Bertz CT molecular complexity index is 371. The number of carbonyl (C=O) groups is 1. The first-order valence-electron chi connectivity index (χ1n) is 6.94. The van der Waals surface area contributed by atoms with Crippen molar-refractivity contribution in [3.05, 3.63) is 35.4 Å². The van der Waals surface area contributed by atoms with Crippen molar-refractivity contribution < 1.29 is 9.90 Å². The maximum Gasteiger partial charge on any atom is 0.307 e. The molecule has 2 nitrogen and oxygen atoms in total. The molecule has 0 unspecified atom stereocenters. The number of carboxylic acid groups (broad SMARTS) is 1. The van der Waals surface area contributed by atoms with Crippen LogP contribution in [0.15, 0.2) is 24.3 Å². The molecule has 1 atom stereocenters. The lowest BCUT2D eigenvalue weighted by Crippen LogP contribution is -2.05. The highest BCUT2D eigenvalue weighted by atomic mass is 16.4. The Morgan fingerprint density at radius 2 is 1.94 bits per heavy atom. The normalized spacial score (nSPS) is 12.3. The second-order valence-electron chi connectivity index (χ2n) is 5.02. The molecule has 0 aliphatic carbocycles. The van der Waals surface area contributed by atoms with E-state index in [1.165, 1.54) is 31.2 Å². The summed E-state index contributed by atoms with van der Waals surface area (Å²) in [5.74, 6) is -0.293. The van der Waals surface area contributed by atoms with Crippen LogP contribution in [0.4, 0.5) is 0 Å². The van der Waals surface area contributed by atoms with E-state index in [0.29, 0.717) is 5.92 Å². The lowest BCUT2D eigenvalue weighted by atomic mass is 9.90. The van der Waals surface area contributed by atoms with Crippen molar-refractivity contribution in [2.24, 2.45) is 0 Å². The van der Waals surface area contributed by atoms with Crippen LogP contribution in [0.1, 0.15) is 63.0 Å². The highest BCUT2D eigenvalue weighted by Gasteiger charge is 2.11. The minimum absolute atomic E-state index is 0.134. The summed E-state index contributed by atoms with van der Waals surface area (Å²) in [4.78, 5) is 10.8. The van der Waals surface area contributed by atoms with Crippen LogP contribution in [0.5, 0.6) is 0 Å². The van der Waals surface area contributed by atoms with Gasteiger partial charge in [0.1, 0.15) is 0 Å². The third-order valence-corrected chi connectivity index (χ3v) is 3.42. The Morgan fingerprint density at radius 3 is 2.61 bits per heavy atom. The van der Waals surface area contributed by atoms with Crippen LogP contribution in [-0.2, 0) is 11.2 Å². The van der Waals surface area contributed by atoms with Gasteiger partial charge in [-0.3, -0.25) is 4.79 Å². The first-order valence-corrected chi connectivity index (χ1v) is 6.94. The van der Waals surface area contributed by atoms with Gasteiger partial charge < -0.3 is 5.11 Å². The molecule has 0 radical (unpaired) electrons. The van der Waals surface area contributed by atoms with Crippen LogP contribution < -0.4 is 0 Å². The predicted molar refractivity (Wildman–Crippen MR) is 75.0 cm³/mol. The van der Waals surface area contributed by atoms with Gasteiger partial charge in [-0.15, -0.1) is 0 Å². The van der Waals surface area contributed by atoms with Crippen LogP contribution in [0.2, 0.25) is 0 Å². The molecule has 0 aromatic heterocycles. The molecule has 0 fully saturated rings. The zero-order valence-corrected chi connectivity index (χ0v) is 11.5. The summed E-state index contributed by atoms with van der Waals surface area (Å²) < 4.78 is 0. The van der Waals surface area contributed by atoms with E-state index in [1.807, 2.05) is 18.2 Å². The Labute approximate surface area is 110 Å². The quantitative estimate of drug-likeness (QED) is 0.693. The fourth-order valence-corrected chi connectivity index (χ4v) is 2.37. The molecule has 0 bridgehead atoms. The first-order chi connectivity index (χ1) is 8.65. The number of unbranched alkanes of at least 4 members (excludes halogenated alkanes) is 3.